The fourth-order valence-electron chi connectivity index (χ4n) is 1.44. The predicted octanol–water partition coefficient (Wildman–Crippen LogP) is -0.323. The Kier molecular flexibility index (Phi) is 4.16. The number of rotatable bonds is 3. The number of hydrogen-bond donors (Lipinski definition) is 2. The smallest absolute Gasteiger partial charge is 0.314 e. The van der Waals surface area contributed by atoms with Crippen molar-refractivity contribution in [2.75, 3.05) is 26.2 Å². The Hall–Kier alpha value is -0.380. The molecule has 0 amide bonds. The van der Waals surface area contributed by atoms with Crippen LogP contribution in [-0.2, 0) is 10.2 Å². The van der Waals surface area contributed by atoms with Crippen molar-refractivity contribution in [3.05, 3.63) is 0 Å². The first-order chi connectivity index (χ1) is 7.22. The summed E-state index contributed by atoms with van der Waals surface area (Å²) in [5.74, 6) is 0. The first kappa shape index (κ1) is 13.7. The van der Waals surface area contributed by atoms with Gasteiger partial charge in [0.2, 0.25) is 0 Å². The fraction of sp³-hybridized carbons (Fsp3) is 1.00. The molecule has 16 heavy (non-hydrogen) atoms. The Morgan fingerprint density at radius 2 is 2.12 bits per heavy atom. The molecule has 0 aromatic heterocycles. The van der Waals surface area contributed by atoms with Crippen LogP contribution < -0.4 is 10.0 Å². The summed E-state index contributed by atoms with van der Waals surface area (Å²) in [6, 6.07) is -0.348. The van der Waals surface area contributed by atoms with Gasteiger partial charge in [0.1, 0.15) is 6.54 Å². The second-order valence-electron chi connectivity index (χ2n) is 3.61. The molecule has 0 aromatic rings. The second-order valence-corrected chi connectivity index (χ2v) is 5.31. The standard InChI is InChI=1S/C7H14F3N3O2S/c1-6-4-11-2-3-13(6)16(14,15)12-5-7(8,9)10/h6,11-12H,2-5H2,1H3/t6-/m0/s1. The van der Waals surface area contributed by atoms with Gasteiger partial charge in [-0.2, -0.15) is 30.6 Å². The van der Waals surface area contributed by atoms with Gasteiger partial charge in [0.25, 0.3) is 10.2 Å². The van der Waals surface area contributed by atoms with Crippen molar-refractivity contribution >= 4 is 10.2 Å². The summed E-state index contributed by atoms with van der Waals surface area (Å²) >= 11 is 0. The highest BCUT2D eigenvalue weighted by atomic mass is 32.2. The van der Waals surface area contributed by atoms with Crippen LogP contribution in [0.2, 0.25) is 0 Å². The quantitative estimate of drug-likeness (QED) is 0.732. The molecule has 0 saturated carbocycles. The highest BCUT2D eigenvalue weighted by molar-refractivity contribution is 7.87. The molecule has 1 saturated heterocycles. The summed E-state index contributed by atoms with van der Waals surface area (Å²) in [4.78, 5) is 0. The monoisotopic (exact) mass is 261 g/mol. The molecule has 1 atom stereocenters. The number of piperazine rings is 1. The largest absolute Gasteiger partial charge is 0.402 e. The Morgan fingerprint density at radius 3 is 2.62 bits per heavy atom. The summed E-state index contributed by atoms with van der Waals surface area (Å²) in [5.41, 5.74) is 0. The van der Waals surface area contributed by atoms with E-state index in [0.717, 1.165) is 4.31 Å². The summed E-state index contributed by atoms with van der Waals surface area (Å²) in [7, 11) is -4.04. The molecular formula is C7H14F3N3O2S. The molecule has 9 heteroatoms. The van der Waals surface area contributed by atoms with E-state index in [1.54, 1.807) is 11.6 Å². The van der Waals surface area contributed by atoms with Crippen LogP contribution >= 0.6 is 0 Å². The molecule has 0 spiro atoms. The molecule has 0 aromatic carbocycles. The molecule has 0 bridgehead atoms. The van der Waals surface area contributed by atoms with E-state index in [2.05, 4.69) is 5.32 Å². The lowest BCUT2D eigenvalue weighted by Crippen LogP contribution is -2.56. The minimum atomic E-state index is -4.54. The first-order valence-electron chi connectivity index (χ1n) is 4.76. The number of hydrogen-bond acceptors (Lipinski definition) is 3. The van der Waals surface area contributed by atoms with Gasteiger partial charge >= 0.3 is 6.18 Å². The second kappa shape index (κ2) is 4.86. The molecule has 1 fully saturated rings. The summed E-state index contributed by atoms with van der Waals surface area (Å²) in [6.45, 7) is 1.16. The van der Waals surface area contributed by atoms with Crippen molar-refractivity contribution in [2.45, 2.75) is 19.1 Å². The normalized spacial score (nSPS) is 24.6. The molecule has 1 heterocycles. The van der Waals surface area contributed by atoms with Gasteiger partial charge in [-0.3, -0.25) is 0 Å². The van der Waals surface area contributed by atoms with E-state index >= 15 is 0 Å². The average molecular weight is 261 g/mol. The average Bonchev–Trinajstić information content (AvgIpc) is 2.14. The van der Waals surface area contributed by atoms with E-state index in [1.165, 1.54) is 0 Å². The van der Waals surface area contributed by atoms with Gasteiger partial charge in [-0.1, -0.05) is 0 Å². The lowest BCUT2D eigenvalue weighted by molar-refractivity contribution is -0.121. The van der Waals surface area contributed by atoms with Crippen LogP contribution in [-0.4, -0.2) is 51.1 Å². The van der Waals surface area contributed by atoms with Gasteiger partial charge in [-0.05, 0) is 6.92 Å². The van der Waals surface area contributed by atoms with Gasteiger partial charge in [0, 0.05) is 25.7 Å². The number of nitrogens with one attached hydrogen (secondary N) is 2. The highest BCUT2D eigenvalue weighted by Crippen LogP contribution is 2.14. The lowest BCUT2D eigenvalue weighted by Gasteiger charge is -2.32. The molecule has 0 aliphatic carbocycles. The highest BCUT2D eigenvalue weighted by Gasteiger charge is 2.34. The van der Waals surface area contributed by atoms with Crippen LogP contribution in [0.5, 0.6) is 0 Å². The minimum Gasteiger partial charge on any atom is -0.314 e. The molecule has 0 radical (unpaired) electrons. The SMILES string of the molecule is C[C@H]1CNCCN1S(=O)(=O)NCC(F)(F)F. The fourth-order valence-corrected chi connectivity index (χ4v) is 2.83. The Morgan fingerprint density at radius 1 is 1.50 bits per heavy atom. The molecule has 0 unspecified atom stereocenters. The van der Waals surface area contributed by atoms with Crippen molar-refractivity contribution in [1.82, 2.24) is 14.3 Å². The van der Waals surface area contributed by atoms with E-state index < -0.39 is 22.9 Å². The minimum absolute atomic E-state index is 0.175. The number of halogens is 3. The van der Waals surface area contributed by atoms with Crippen LogP contribution in [0.15, 0.2) is 0 Å². The van der Waals surface area contributed by atoms with Crippen LogP contribution in [0, 0.1) is 0 Å². The molecule has 1 aliphatic rings. The predicted molar refractivity (Wildman–Crippen MR) is 52.0 cm³/mol. The van der Waals surface area contributed by atoms with Crippen LogP contribution in [0.3, 0.4) is 0 Å². The molecule has 1 rings (SSSR count). The van der Waals surface area contributed by atoms with Gasteiger partial charge in [0.15, 0.2) is 0 Å². The van der Waals surface area contributed by atoms with Crippen LogP contribution in [0.4, 0.5) is 13.2 Å². The first-order valence-corrected chi connectivity index (χ1v) is 6.20. The van der Waals surface area contributed by atoms with Crippen molar-refractivity contribution in [3.8, 4) is 0 Å². The molecule has 2 N–H and O–H groups in total. The van der Waals surface area contributed by atoms with E-state index in [9.17, 15) is 21.6 Å². The van der Waals surface area contributed by atoms with Gasteiger partial charge in [0.05, 0.1) is 0 Å². The van der Waals surface area contributed by atoms with E-state index in [4.69, 9.17) is 0 Å². The zero-order valence-electron chi connectivity index (χ0n) is 8.71. The zero-order chi connectivity index (χ0) is 12.4. The third-order valence-corrected chi connectivity index (χ3v) is 3.87. The van der Waals surface area contributed by atoms with Crippen molar-refractivity contribution in [2.24, 2.45) is 0 Å². The molecular weight excluding hydrogens is 247 g/mol. The maximum atomic E-state index is 11.9. The summed E-state index contributed by atoms with van der Waals surface area (Å²) < 4.78 is 61.3. The van der Waals surface area contributed by atoms with Gasteiger partial charge in [-0.15, -0.1) is 0 Å². The van der Waals surface area contributed by atoms with Gasteiger partial charge < -0.3 is 5.32 Å². The van der Waals surface area contributed by atoms with Crippen molar-refractivity contribution < 1.29 is 21.6 Å². The molecule has 96 valence electrons. The van der Waals surface area contributed by atoms with Crippen molar-refractivity contribution in [3.63, 3.8) is 0 Å². The lowest BCUT2D eigenvalue weighted by atomic mass is 10.3. The van der Waals surface area contributed by atoms with E-state index in [1.807, 2.05) is 0 Å². The third-order valence-electron chi connectivity index (χ3n) is 2.20. The maximum absolute atomic E-state index is 11.9. The summed E-state index contributed by atoms with van der Waals surface area (Å²) in [6.07, 6.45) is -4.54. The summed E-state index contributed by atoms with van der Waals surface area (Å²) in [5, 5.41) is 2.95. The van der Waals surface area contributed by atoms with Crippen LogP contribution in [0.1, 0.15) is 6.92 Å². The maximum Gasteiger partial charge on any atom is 0.402 e. The van der Waals surface area contributed by atoms with Gasteiger partial charge in [-0.25, -0.2) is 0 Å². The third kappa shape index (κ3) is 3.89. The number of nitrogens with zero attached hydrogens (tertiary/aromatic N) is 1. The van der Waals surface area contributed by atoms with E-state index in [0.29, 0.717) is 13.1 Å². The zero-order valence-corrected chi connectivity index (χ0v) is 9.53. The Labute approximate surface area is 92.2 Å². The van der Waals surface area contributed by atoms with Crippen LogP contribution in [0.25, 0.3) is 0 Å². The Balaban J connectivity index is 2.62. The Bertz CT molecular complexity index is 330. The number of alkyl halides is 3. The molecule has 1 aliphatic heterocycles. The van der Waals surface area contributed by atoms with E-state index in [-0.39, 0.29) is 12.6 Å². The van der Waals surface area contributed by atoms with Crippen molar-refractivity contribution in [1.29, 1.82) is 0 Å². The topological polar surface area (TPSA) is 61.4 Å². The molecule has 5 nitrogen and oxygen atoms in total.